The first-order valence-corrected chi connectivity index (χ1v) is 9.93. The van der Waals surface area contributed by atoms with Gasteiger partial charge in [0.15, 0.2) is 5.84 Å². The van der Waals surface area contributed by atoms with Gasteiger partial charge in [-0.3, -0.25) is 15.7 Å². The number of nitrogens with one attached hydrogen (secondary N) is 2. The second kappa shape index (κ2) is 7.09. The van der Waals surface area contributed by atoms with Crippen molar-refractivity contribution in [2.24, 2.45) is 10.1 Å². The molecule has 28 heavy (non-hydrogen) atoms. The molecule has 2 aliphatic carbocycles. The van der Waals surface area contributed by atoms with Gasteiger partial charge in [0.25, 0.3) is 16.1 Å². The van der Waals surface area contributed by atoms with Crippen LogP contribution in [-0.2, 0) is 16.6 Å². The molecule has 1 heterocycles. The fraction of sp³-hybridized carbons (Fsp3) is 0.400. The van der Waals surface area contributed by atoms with E-state index in [0.717, 1.165) is 11.1 Å². The maximum absolute atomic E-state index is 13.4. The van der Waals surface area contributed by atoms with Crippen LogP contribution in [0, 0.1) is 5.82 Å². The lowest BCUT2D eigenvalue weighted by molar-refractivity contribution is 0.0846. The number of aliphatic imine (C=N–C) groups is 1. The first kappa shape index (κ1) is 18.7. The molecule has 150 valence electrons. The summed E-state index contributed by atoms with van der Waals surface area (Å²) < 4.78 is 48.0. The van der Waals surface area contributed by atoms with Crippen molar-refractivity contribution in [1.29, 1.82) is 0 Å². The fourth-order valence-corrected chi connectivity index (χ4v) is 3.87. The van der Waals surface area contributed by atoms with Crippen LogP contribution in [0.4, 0.5) is 4.39 Å². The zero-order chi connectivity index (χ0) is 19.9. The van der Waals surface area contributed by atoms with Gasteiger partial charge in [-0.05, 0) is 40.0 Å². The number of hydrogen-bond donors (Lipinski definition) is 4. The van der Waals surface area contributed by atoms with Crippen LogP contribution in [0.15, 0.2) is 27.8 Å². The average molecular weight is 412 g/mol. The van der Waals surface area contributed by atoms with E-state index in [1.54, 1.807) is 6.07 Å². The molecule has 11 nitrogen and oxygen atoms in total. The summed E-state index contributed by atoms with van der Waals surface area (Å²) in [6, 6.07) is 3.80. The van der Waals surface area contributed by atoms with Gasteiger partial charge < -0.3 is 4.74 Å². The smallest absolute Gasteiger partial charge is 0.287 e. The molecule has 2 aromatic rings. The lowest BCUT2D eigenvalue weighted by atomic mass is 9.83. The SMILES string of the molecule is NS(=O)(=O)NC1CC(Oc2nonc2C(=N[C@H]2Cc3ccc(F)cc32)NO)C1. The van der Waals surface area contributed by atoms with Gasteiger partial charge in [-0.25, -0.2) is 14.2 Å². The number of benzene rings is 1. The first-order valence-electron chi connectivity index (χ1n) is 8.38. The van der Waals surface area contributed by atoms with Gasteiger partial charge in [0.05, 0.1) is 6.04 Å². The second-order valence-electron chi connectivity index (χ2n) is 6.64. The predicted molar refractivity (Wildman–Crippen MR) is 92.3 cm³/mol. The van der Waals surface area contributed by atoms with Crippen LogP contribution in [0.5, 0.6) is 5.88 Å². The monoisotopic (exact) mass is 412 g/mol. The number of fused-ring (bicyclic) bond motifs is 1. The molecule has 1 aromatic heterocycles. The molecule has 0 bridgehead atoms. The van der Waals surface area contributed by atoms with E-state index in [1.807, 2.05) is 5.48 Å². The summed E-state index contributed by atoms with van der Waals surface area (Å²) in [5.41, 5.74) is 3.70. The predicted octanol–water partition coefficient (Wildman–Crippen LogP) is -0.0656. The molecule has 0 amide bonds. The number of aromatic nitrogens is 2. The molecule has 0 radical (unpaired) electrons. The molecular weight excluding hydrogens is 395 g/mol. The molecule has 0 saturated heterocycles. The van der Waals surface area contributed by atoms with Crippen molar-refractivity contribution in [3.05, 3.63) is 40.8 Å². The van der Waals surface area contributed by atoms with E-state index in [-0.39, 0.29) is 41.4 Å². The van der Waals surface area contributed by atoms with Crippen molar-refractivity contribution in [2.75, 3.05) is 0 Å². The largest absolute Gasteiger partial charge is 0.470 e. The summed E-state index contributed by atoms with van der Waals surface area (Å²) in [5.74, 6) is -0.398. The molecule has 1 atom stereocenters. The zero-order valence-electron chi connectivity index (χ0n) is 14.4. The number of rotatable bonds is 6. The highest BCUT2D eigenvalue weighted by molar-refractivity contribution is 7.87. The number of nitrogens with two attached hydrogens (primary N) is 1. The summed E-state index contributed by atoms with van der Waals surface area (Å²) in [4.78, 5) is 4.34. The molecule has 2 aliphatic rings. The van der Waals surface area contributed by atoms with Crippen LogP contribution in [0.2, 0.25) is 0 Å². The van der Waals surface area contributed by atoms with Gasteiger partial charge in [0, 0.05) is 18.9 Å². The lowest BCUT2D eigenvalue weighted by Gasteiger charge is -2.34. The summed E-state index contributed by atoms with van der Waals surface area (Å²) in [7, 11) is -3.77. The van der Waals surface area contributed by atoms with E-state index in [2.05, 4.69) is 24.7 Å². The highest BCUT2D eigenvalue weighted by atomic mass is 32.2. The molecule has 5 N–H and O–H groups in total. The third-order valence-corrected chi connectivity index (χ3v) is 5.32. The Labute approximate surface area is 158 Å². The van der Waals surface area contributed by atoms with Crippen LogP contribution < -0.4 is 20.1 Å². The lowest BCUT2D eigenvalue weighted by Crippen LogP contribution is -2.50. The number of hydrogen-bond acceptors (Lipinski definition) is 8. The van der Waals surface area contributed by atoms with Gasteiger partial charge in [0.1, 0.15) is 11.9 Å². The van der Waals surface area contributed by atoms with E-state index in [1.165, 1.54) is 12.1 Å². The van der Waals surface area contributed by atoms with Crippen molar-refractivity contribution in [3.8, 4) is 5.88 Å². The van der Waals surface area contributed by atoms with Crippen molar-refractivity contribution in [1.82, 2.24) is 20.5 Å². The molecule has 13 heteroatoms. The highest BCUT2D eigenvalue weighted by Gasteiger charge is 2.35. The summed E-state index contributed by atoms with van der Waals surface area (Å²) in [6.45, 7) is 0. The molecule has 0 aliphatic heterocycles. The maximum Gasteiger partial charge on any atom is 0.287 e. The number of halogens is 1. The zero-order valence-corrected chi connectivity index (χ0v) is 15.2. The normalized spacial score (nSPS) is 24.1. The third kappa shape index (κ3) is 3.82. The second-order valence-corrected chi connectivity index (χ2v) is 7.97. The van der Waals surface area contributed by atoms with Crippen LogP contribution in [-0.4, -0.2) is 41.9 Å². The molecule has 1 saturated carbocycles. The third-order valence-electron chi connectivity index (χ3n) is 4.66. The van der Waals surface area contributed by atoms with Crippen molar-refractivity contribution in [2.45, 2.75) is 37.5 Å². The summed E-state index contributed by atoms with van der Waals surface area (Å²) >= 11 is 0. The van der Waals surface area contributed by atoms with Gasteiger partial charge >= 0.3 is 0 Å². The number of nitrogens with zero attached hydrogens (tertiary/aromatic N) is 3. The molecular formula is C15H17FN6O5S. The van der Waals surface area contributed by atoms with E-state index in [9.17, 15) is 18.0 Å². The molecule has 0 spiro atoms. The quantitative estimate of drug-likeness (QED) is 0.291. The number of hydroxylamine groups is 1. The molecule has 1 fully saturated rings. The Morgan fingerprint density at radius 2 is 2.18 bits per heavy atom. The maximum atomic E-state index is 13.4. The van der Waals surface area contributed by atoms with Crippen LogP contribution >= 0.6 is 0 Å². The Morgan fingerprint density at radius 3 is 2.89 bits per heavy atom. The molecule has 1 aromatic carbocycles. The first-order chi connectivity index (χ1) is 13.3. The minimum atomic E-state index is -3.77. The minimum absolute atomic E-state index is 0.00172. The Hall–Kier alpha value is -2.61. The Morgan fingerprint density at radius 1 is 1.39 bits per heavy atom. The van der Waals surface area contributed by atoms with E-state index < -0.39 is 10.2 Å². The van der Waals surface area contributed by atoms with Gasteiger partial charge in [0.2, 0.25) is 5.69 Å². The van der Waals surface area contributed by atoms with E-state index in [0.29, 0.717) is 19.3 Å². The number of ether oxygens (including phenoxy) is 1. The number of amidine groups is 1. The van der Waals surface area contributed by atoms with Crippen LogP contribution in [0.1, 0.15) is 35.7 Å². The van der Waals surface area contributed by atoms with Gasteiger partial charge in [-0.2, -0.15) is 13.1 Å². The van der Waals surface area contributed by atoms with E-state index >= 15 is 0 Å². The van der Waals surface area contributed by atoms with Crippen molar-refractivity contribution in [3.63, 3.8) is 0 Å². The highest BCUT2D eigenvalue weighted by Crippen LogP contribution is 2.37. The summed E-state index contributed by atoms with van der Waals surface area (Å²) in [6.07, 6.45) is 1.03. The Kier molecular flexibility index (Phi) is 4.74. The van der Waals surface area contributed by atoms with Gasteiger partial charge in [-0.15, -0.1) is 0 Å². The topological polar surface area (TPSA) is 165 Å². The Bertz CT molecular complexity index is 1020. The minimum Gasteiger partial charge on any atom is -0.470 e. The standard InChI is InChI=1S/C15H17FN6O5S/c16-8-2-1-7-3-12(11(7)4-8)18-14(19-23)13-15(21-27-20-13)26-10-5-9(6-10)22-28(17,24)25/h1-2,4,9-10,12,22-23H,3,5-6H2,(H,18,19)(H2,17,24,25)/t9?,10?,12-/m0/s1. The van der Waals surface area contributed by atoms with Crippen molar-refractivity contribution < 1.29 is 27.4 Å². The average Bonchev–Trinajstić information content (AvgIpc) is 3.03. The molecule has 0 unspecified atom stereocenters. The van der Waals surface area contributed by atoms with Crippen LogP contribution in [0.25, 0.3) is 0 Å². The Balaban J connectivity index is 1.44. The fourth-order valence-electron chi connectivity index (χ4n) is 3.21. The summed E-state index contributed by atoms with van der Waals surface area (Å²) in [5, 5.41) is 21.7. The molecule has 4 rings (SSSR count). The van der Waals surface area contributed by atoms with Crippen LogP contribution in [0.3, 0.4) is 0 Å². The van der Waals surface area contributed by atoms with E-state index in [4.69, 9.17) is 9.88 Å². The van der Waals surface area contributed by atoms with Gasteiger partial charge in [-0.1, -0.05) is 6.07 Å². The van der Waals surface area contributed by atoms with Crippen molar-refractivity contribution >= 4 is 16.0 Å².